The lowest BCUT2D eigenvalue weighted by molar-refractivity contribution is 0.0132. The number of carbonyl (C=O) groups excluding carboxylic acids is 1. The third-order valence-electron chi connectivity index (χ3n) is 7.48. The predicted molar refractivity (Wildman–Crippen MR) is 159 cm³/mol. The molecular formula is C30H39N5O7S. The molecule has 0 radical (unpaired) electrons. The molecule has 2 aliphatic rings. The van der Waals surface area contributed by atoms with Gasteiger partial charge >= 0.3 is 6.09 Å². The van der Waals surface area contributed by atoms with Crippen molar-refractivity contribution in [2.24, 2.45) is 0 Å². The fraction of sp³-hybridized carbons (Fsp3) is 0.500. The molecule has 0 atom stereocenters. The van der Waals surface area contributed by atoms with E-state index in [4.69, 9.17) is 18.9 Å². The van der Waals surface area contributed by atoms with E-state index in [1.54, 1.807) is 4.68 Å². The van der Waals surface area contributed by atoms with Gasteiger partial charge in [-0.2, -0.15) is 0 Å². The van der Waals surface area contributed by atoms with Crippen molar-refractivity contribution < 1.29 is 32.2 Å². The number of nitrogens with zero attached hydrogens (tertiary/aromatic N) is 4. The Morgan fingerprint density at radius 3 is 2.14 bits per heavy atom. The van der Waals surface area contributed by atoms with E-state index in [-0.39, 0.29) is 24.0 Å². The van der Waals surface area contributed by atoms with Gasteiger partial charge in [0.05, 0.1) is 63.4 Å². The SMILES string of the molecule is O=C(NCCOCCOCCOCCn1cc(CN2CCS(=O)(=O)CC2)nn1)OCC1c2ccccc2-c2ccccc21. The van der Waals surface area contributed by atoms with E-state index in [1.807, 2.05) is 30.5 Å². The first-order valence-corrected chi connectivity index (χ1v) is 16.4. The monoisotopic (exact) mass is 613 g/mol. The Morgan fingerprint density at radius 1 is 0.860 bits per heavy atom. The number of ether oxygens (including phenoxy) is 4. The first-order chi connectivity index (χ1) is 21.0. The number of sulfone groups is 1. The van der Waals surface area contributed by atoms with Crippen LogP contribution < -0.4 is 5.32 Å². The molecule has 2 aromatic carbocycles. The Kier molecular flexibility index (Phi) is 11.1. The summed E-state index contributed by atoms with van der Waals surface area (Å²) < 4.78 is 47.0. The van der Waals surface area contributed by atoms with E-state index < -0.39 is 15.9 Å². The summed E-state index contributed by atoms with van der Waals surface area (Å²) in [7, 11) is -2.89. The van der Waals surface area contributed by atoms with E-state index in [0.29, 0.717) is 72.4 Å². The number of hydrogen-bond acceptors (Lipinski definition) is 10. The Balaban J connectivity index is 0.843. The van der Waals surface area contributed by atoms with Crippen LogP contribution in [0.1, 0.15) is 22.7 Å². The minimum absolute atomic E-state index is 0.0341. The molecule has 1 aliphatic carbocycles. The molecule has 0 bridgehead atoms. The normalized spacial score (nSPS) is 16.1. The van der Waals surface area contributed by atoms with Crippen LogP contribution in [0.4, 0.5) is 4.79 Å². The number of carbonyl (C=O) groups is 1. The van der Waals surface area contributed by atoms with Gasteiger partial charge in [-0.1, -0.05) is 53.7 Å². The molecule has 43 heavy (non-hydrogen) atoms. The molecule has 232 valence electrons. The van der Waals surface area contributed by atoms with Gasteiger partial charge in [0.15, 0.2) is 9.84 Å². The van der Waals surface area contributed by atoms with E-state index in [2.05, 4.69) is 44.8 Å². The summed E-state index contributed by atoms with van der Waals surface area (Å²) in [4.78, 5) is 14.3. The van der Waals surface area contributed by atoms with Crippen LogP contribution in [0, 0.1) is 0 Å². The lowest BCUT2D eigenvalue weighted by Crippen LogP contribution is -2.39. The highest BCUT2D eigenvalue weighted by Gasteiger charge is 2.29. The van der Waals surface area contributed by atoms with Crippen LogP contribution in [0.5, 0.6) is 0 Å². The topological polar surface area (TPSA) is 134 Å². The number of nitrogens with one attached hydrogen (secondary N) is 1. The second-order valence-electron chi connectivity index (χ2n) is 10.5. The third kappa shape index (κ3) is 9.07. The van der Waals surface area contributed by atoms with Crippen LogP contribution in [0.15, 0.2) is 54.7 Å². The molecule has 1 aliphatic heterocycles. The second kappa shape index (κ2) is 15.4. The second-order valence-corrected chi connectivity index (χ2v) is 12.8. The number of alkyl carbamates (subject to hydrolysis) is 1. The Morgan fingerprint density at radius 2 is 1.47 bits per heavy atom. The molecular weight excluding hydrogens is 574 g/mol. The molecule has 0 spiro atoms. The molecule has 0 saturated carbocycles. The van der Waals surface area contributed by atoms with Crippen molar-refractivity contribution >= 4 is 15.9 Å². The smallest absolute Gasteiger partial charge is 0.407 e. The maximum absolute atomic E-state index is 12.2. The quantitative estimate of drug-likeness (QED) is 0.240. The molecule has 3 aromatic rings. The highest BCUT2D eigenvalue weighted by Crippen LogP contribution is 2.44. The number of rotatable bonds is 16. The van der Waals surface area contributed by atoms with Crippen molar-refractivity contribution in [3.05, 3.63) is 71.5 Å². The van der Waals surface area contributed by atoms with Crippen molar-refractivity contribution in [2.75, 3.05) is 77.4 Å². The third-order valence-corrected chi connectivity index (χ3v) is 9.09. The largest absolute Gasteiger partial charge is 0.449 e. The Hall–Kier alpha value is -3.36. The van der Waals surface area contributed by atoms with Gasteiger partial charge in [0.25, 0.3) is 0 Å². The van der Waals surface area contributed by atoms with E-state index in [1.165, 1.54) is 22.3 Å². The molecule has 1 fully saturated rings. The zero-order valence-corrected chi connectivity index (χ0v) is 25.0. The summed E-state index contributed by atoms with van der Waals surface area (Å²) in [6, 6.07) is 16.5. The fourth-order valence-electron chi connectivity index (χ4n) is 5.23. The van der Waals surface area contributed by atoms with E-state index >= 15 is 0 Å². The highest BCUT2D eigenvalue weighted by atomic mass is 32.2. The number of aromatic nitrogens is 3. The number of fused-ring (bicyclic) bond motifs is 3. The van der Waals surface area contributed by atoms with Crippen LogP contribution in [-0.2, 0) is 41.9 Å². The Bertz CT molecular complexity index is 1390. The molecule has 0 unspecified atom stereocenters. The fourth-order valence-corrected chi connectivity index (χ4v) is 6.51. The lowest BCUT2D eigenvalue weighted by atomic mass is 9.98. The average molecular weight is 614 g/mol. The van der Waals surface area contributed by atoms with Crippen molar-refractivity contribution in [1.29, 1.82) is 0 Å². The zero-order chi connectivity index (χ0) is 29.9. The van der Waals surface area contributed by atoms with Gasteiger partial charge in [-0.3, -0.25) is 4.90 Å². The molecule has 1 amide bonds. The van der Waals surface area contributed by atoms with Crippen LogP contribution in [0.3, 0.4) is 0 Å². The maximum atomic E-state index is 12.2. The summed E-state index contributed by atoms with van der Waals surface area (Å²) in [5.41, 5.74) is 5.57. The van der Waals surface area contributed by atoms with Gasteiger partial charge in [-0.05, 0) is 22.3 Å². The molecule has 1 aromatic heterocycles. The van der Waals surface area contributed by atoms with Crippen molar-refractivity contribution in [1.82, 2.24) is 25.2 Å². The molecule has 12 nitrogen and oxygen atoms in total. The zero-order valence-electron chi connectivity index (χ0n) is 24.2. The summed E-state index contributed by atoms with van der Waals surface area (Å²) in [5, 5.41) is 11.0. The molecule has 1 N–H and O–H groups in total. The number of benzene rings is 2. The molecule has 1 saturated heterocycles. The predicted octanol–water partition coefficient (Wildman–Crippen LogP) is 2.10. The minimum Gasteiger partial charge on any atom is -0.449 e. The molecule has 5 rings (SSSR count). The molecule has 2 heterocycles. The van der Waals surface area contributed by atoms with Gasteiger partial charge in [-0.15, -0.1) is 5.10 Å². The lowest BCUT2D eigenvalue weighted by Gasteiger charge is -2.25. The van der Waals surface area contributed by atoms with Crippen molar-refractivity contribution in [3.8, 4) is 11.1 Å². The Labute approximate surface area is 252 Å². The van der Waals surface area contributed by atoms with Crippen LogP contribution in [0.2, 0.25) is 0 Å². The van der Waals surface area contributed by atoms with Crippen molar-refractivity contribution in [2.45, 2.75) is 19.0 Å². The van der Waals surface area contributed by atoms with Gasteiger partial charge in [0.1, 0.15) is 6.61 Å². The molecule has 13 heteroatoms. The number of amides is 1. The van der Waals surface area contributed by atoms with Gasteiger partial charge in [0.2, 0.25) is 0 Å². The van der Waals surface area contributed by atoms with Gasteiger partial charge in [-0.25, -0.2) is 17.9 Å². The van der Waals surface area contributed by atoms with Crippen LogP contribution in [0.25, 0.3) is 11.1 Å². The first-order valence-electron chi connectivity index (χ1n) is 14.6. The first kappa shape index (κ1) is 31.1. The summed E-state index contributed by atoms with van der Waals surface area (Å²) in [6.45, 7) is 5.44. The van der Waals surface area contributed by atoms with Crippen LogP contribution >= 0.6 is 0 Å². The van der Waals surface area contributed by atoms with Crippen LogP contribution in [-0.4, -0.2) is 112 Å². The summed E-state index contributed by atoms with van der Waals surface area (Å²) >= 11 is 0. The average Bonchev–Trinajstić information content (AvgIpc) is 3.59. The van der Waals surface area contributed by atoms with Gasteiger partial charge in [0, 0.05) is 38.3 Å². The van der Waals surface area contributed by atoms with E-state index in [0.717, 1.165) is 5.69 Å². The van der Waals surface area contributed by atoms with Crippen molar-refractivity contribution in [3.63, 3.8) is 0 Å². The van der Waals surface area contributed by atoms with Gasteiger partial charge < -0.3 is 24.3 Å². The minimum atomic E-state index is -2.89. The summed E-state index contributed by atoms with van der Waals surface area (Å²) in [5.74, 6) is 0.431. The van der Waals surface area contributed by atoms with E-state index in [9.17, 15) is 13.2 Å². The number of hydrogen-bond donors (Lipinski definition) is 1. The highest BCUT2D eigenvalue weighted by molar-refractivity contribution is 7.91. The maximum Gasteiger partial charge on any atom is 0.407 e. The standard InChI is InChI=1S/C30H39N5O7S/c36-30(42-23-29-27-7-3-1-5-25(27)26-6-2-4-8-28(26)29)31-9-13-39-15-17-41-18-16-40-14-10-35-22-24(32-33-35)21-34-11-19-43(37,38)20-12-34/h1-8,22,29H,9-21,23H2,(H,31,36). The summed E-state index contributed by atoms with van der Waals surface area (Å²) in [6.07, 6.45) is 1.41.